The highest BCUT2D eigenvalue weighted by Gasteiger charge is 2.62. The van der Waals surface area contributed by atoms with E-state index in [0.29, 0.717) is 29.2 Å². The molecular formula is C35H33N3. The fourth-order valence-corrected chi connectivity index (χ4v) is 9.14. The number of anilines is 3. The van der Waals surface area contributed by atoms with Gasteiger partial charge < -0.3 is 4.90 Å². The lowest BCUT2D eigenvalue weighted by Crippen LogP contribution is -2.58. The van der Waals surface area contributed by atoms with Crippen LogP contribution in [0.15, 0.2) is 90.0 Å². The second-order valence-electron chi connectivity index (χ2n) is 11.6. The molecule has 3 saturated carbocycles. The van der Waals surface area contributed by atoms with E-state index >= 15 is 0 Å². The fraction of sp³-hybridized carbons (Fsp3) is 0.371. The van der Waals surface area contributed by atoms with Gasteiger partial charge in [-0.25, -0.2) is 0 Å². The summed E-state index contributed by atoms with van der Waals surface area (Å²) in [7, 11) is 0. The van der Waals surface area contributed by atoms with Gasteiger partial charge >= 0.3 is 0 Å². The van der Waals surface area contributed by atoms with Crippen molar-refractivity contribution in [1.82, 2.24) is 0 Å². The molecule has 3 fully saturated rings. The average molecular weight is 496 g/mol. The summed E-state index contributed by atoms with van der Waals surface area (Å²) in [5, 5.41) is 20.2. The Hall–Kier alpha value is -3.82. The second-order valence-corrected chi connectivity index (χ2v) is 11.6. The van der Waals surface area contributed by atoms with Crippen LogP contribution in [-0.4, -0.2) is 0 Å². The van der Waals surface area contributed by atoms with Gasteiger partial charge in [-0.15, -0.1) is 0 Å². The van der Waals surface area contributed by atoms with Gasteiger partial charge in [0.05, 0.1) is 11.4 Å². The molecule has 188 valence electrons. The Kier molecular flexibility index (Phi) is 5.63. The van der Waals surface area contributed by atoms with Gasteiger partial charge in [0.1, 0.15) is 17.7 Å². The van der Waals surface area contributed by atoms with Gasteiger partial charge in [0.2, 0.25) is 0 Å². The molecule has 7 rings (SSSR count). The van der Waals surface area contributed by atoms with Crippen LogP contribution in [0.4, 0.5) is 17.1 Å². The Morgan fingerprint density at radius 2 is 1.11 bits per heavy atom. The van der Waals surface area contributed by atoms with Crippen LogP contribution in [0.3, 0.4) is 0 Å². The van der Waals surface area contributed by atoms with Crippen LogP contribution in [0, 0.1) is 46.3 Å². The van der Waals surface area contributed by atoms with Gasteiger partial charge in [0.25, 0.3) is 0 Å². The summed E-state index contributed by atoms with van der Waals surface area (Å²) in [5.74, 6) is 1.37. The first-order chi connectivity index (χ1) is 18.8. The zero-order valence-electron chi connectivity index (χ0n) is 21.8. The molecule has 38 heavy (non-hydrogen) atoms. The van der Waals surface area contributed by atoms with Gasteiger partial charge in [0.15, 0.2) is 0 Å². The second kappa shape index (κ2) is 9.18. The Balaban J connectivity index is 1.57. The molecule has 0 saturated heterocycles. The normalized spacial score (nSPS) is 26.7. The number of rotatable bonds is 1. The smallest absolute Gasteiger partial charge is 0.129 e. The summed E-state index contributed by atoms with van der Waals surface area (Å²) >= 11 is 0. The lowest BCUT2D eigenvalue weighted by Gasteiger charge is -2.63. The van der Waals surface area contributed by atoms with Crippen molar-refractivity contribution in [1.29, 1.82) is 10.5 Å². The number of hydrogen-bond donors (Lipinski definition) is 0. The Labute approximate surface area is 226 Å². The Morgan fingerprint density at radius 3 is 1.63 bits per heavy atom. The van der Waals surface area contributed by atoms with Crippen LogP contribution in [-0.2, 0) is 5.41 Å². The van der Waals surface area contributed by atoms with E-state index in [9.17, 15) is 10.5 Å². The highest BCUT2D eigenvalue weighted by atomic mass is 15.2. The van der Waals surface area contributed by atoms with Crippen molar-refractivity contribution in [2.45, 2.75) is 56.8 Å². The number of hydrogen-bond acceptors (Lipinski definition) is 3. The predicted molar refractivity (Wildman–Crippen MR) is 151 cm³/mol. The van der Waals surface area contributed by atoms with Crippen LogP contribution >= 0.6 is 0 Å². The van der Waals surface area contributed by atoms with E-state index in [1.165, 1.54) is 59.4 Å². The quantitative estimate of drug-likeness (QED) is 0.317. The average Bonchev–Trinajstić information content (AvgIpc) is 2.99. The van der Waals surface area contributed by atoms with E-state index in [1.54, 1.807) is 0 Å². The summed E-state index contributed by atoms with van der Waals surface area (Å²) in [5.41, 5.74) is 8.19. The molecule has 3 aliphatic carbocycles. The molecule has 4 atom stereocenters. The first-order valence-corrected chi connectivity index (χ1v) is 14.4. The van der Waals surface area contributed by atoms with Crippen molar-refractivity contribution in [3.63, 3.8) is 0 Å². The molecule has 0 radical (unpaired) electrons. The van der Waals surface area contributed by atoms with Crippen molar-refractivity contribution in [2.75, 3.05) is 4.90 Å². The summed E-state index contributed by atoms with van der Waals surface area (Å²) < 4.78 is 0. The molecule has 0 amide bonds. The molecule has 4 aliphatic rings. The zero-order valence-corrected chi connectivity index (χ0v) is 21.8. The van der Waals surface area contributed by atoms with Crippen molar-refractivity contribution in [3.05, 3.63) is 101 Å². The lowest BCUT2D eigenvalue weighted by atomic mass is 9.41. The minimum Gasteiger partial charge on any atom is -0.310 e. The number of fused-ring (bicyclic) bond motifs is 8. The first-order valence-electron chi connectivity index (χ1n) is 14.4. The monoisotopic (exact) mass is 495 g/mol. The largest absolute Gasteiger partial charge is 0.310 e. The SMILES string of the molecule is N#CC(C#N)=C1C2CCCCC2C2(c3ccccc3N(c3ccccc3)c3ccccc32)C2CCCCC12. The van der Waals surface area contributed by atoms with Crippen LogP contribution in [0.25, 0.3) is 0 Å². The number of allylic oxidation sites excluding steroid dienone is 2. The minimum atomic E-state index is -0.117. The maximum atomic E-state index is 10.1. The minimum absolute atomic E-state index is 0.117. The molecule has 1 aliphatic heterocycles. The maximum absolute atomic E-state index is 10.1. The summed E-state index contributed by atoms with van der Waals surface area (Å²) in [6.07, 6.45) is 9.27. The zero-order chi connectivity index (χ0) is 25.7. The number of para-hydroxylation sites is 3. The molecule has 3 heteroatoms. The molecule has 0 N–H and O–H groups in total. The van der Waals surface area contributed by atoms with E-state index in [2.05, 4.69) is 95.9 Å². The molecule has 1 spiro atoms. The number of benzene rings is 3. The molecule has 0 bridgehead atoms. The van der Waals surface area contributed by atoms with E-state index in [-0.39, 0.29) is 5.41 Å². The molecule has 0 aromatic heterocycles. The fourth-order valence-electron chi connectivity index (χ4n) is 9.14. The molecule has 3 aromatic rings. The summed E-state index contributed by atoms with van der Waals surface area (Å²) in [6.45, 7) is 0. The van der Waals surface area contributed by atoms with Gasteiger partial charge in [-0.1, -0.05) is 80.3 Å². The standard InChI is InChI=1S/C35H33N3/c36-22-24(23-37)34-26-14-4-6-16-28(26)35(29-17-7-5-15-27(29)34)30-18-8-10-20-32(30)38(25-12-2-1-3-13-25)33-21-11-9-19-31(33)35/h1-3,8-13,18-21,26-29H,4-7,14-17H2. The van der Waals surface area contributed by atoms with Gasteiger partial charge in [-0.2, -0.15) is 10.5 Å². The van der Waals surface area contributed by atoms with Crippen LogP contribution in [0.2, 0.25) is 0 Å². The lowest BCUT2D eigenvalue weighted by molar-refractivity contribution is 0.0264. The van der Waals surface area contributed by atoms with E-state index in [4.69, 9.17) is 0 Å². The molecule has 3 nitrogen and oxygen atoms in total. The van der Waals surface area contributed by atoms with Crippen molar-refractivity contribution in [2.24, 2.45) is 23.7 Å². The topological polar surface area (TPSA) is 50.8 Å². The molecule has 4 unspecified atom stereocenters. The third-order valence-electron chi connectivity index (χ3n) is 10.2. The predicted octanol–water partition coefficient (Wildman–Crippen LogP) is 8.73. The Morgan fingerprint density at radius 1 is 0.632 bits per heavy atom. The first kappa shape index (κ1) is 23.3. The van der Waals surface area contributed by atoms with E-state index < -0.39 is 0 Å². The third kappa shape index (κ3) is 3.12. The molecular weight excluding hydrogens is 462 g/mol. The Bertz CT molecular complexity index is 1400. The van der Waals surface area contributed by atoms with E-state index in [1.807, 2.05) is 0 Å². The number of nitrogens with zero attached hydrogens (tertiary/aromatic N) is 3. The van der Waals surface area contributed by atoms with Crippen molar-refractivity contribution < 1.29 is 0 Å². The summed E-state index contributed by atoms with van der Waals surface area (Å²) in [6, 6.07) is 33.8. The highest BCUT2D eigenvalue weighted by molar-refractivity contribution is 5.86. The maximum Gasteiger partial charge on any atom is 0.129 e. The van der Waals surface area contributed by atoms with Crippen LogP contribution in [0.5, 0.6) is 0 Å². The van der Waals surface area contributed by atoms with Gasteiger partial charge in [-0.3, -0.25) is 0 Å². The van der Waals surface area contributed by atoms with Gasteiger partial charge in [-0.05, 0) is 90.3 Å². The highest BCUT2D eigenvalue weighted by Crippen LogP contribution is 2.69. The number of nitriles is 2. The van der Waals surface area contributed by atoms with Crippen molar-refractivity contribution >= 4 is 17.1 Å². The van der Waals surface area contributed by atoms with Crippen LogP contribution < -0.4 is 4.90 Å². The van der Waals surface area contributed by atoms with E-state index in [0.717, 1.165) is 25.7 Å². The van der Waals surface area contributed by atoms with Crippen LogP contribution in [0.1, 0.15) is 62.5 Å². The third-order valence-corrected chi connectivity index (χ3v) is 10.2. The molecule has 3 aromatic carbocycles. The van der Waals surface area contributed by atoms with Crippen molar-refractivity contribution in [3.8, 4) is 12.1 Å². The van der Waals surface area contributed by atoms with Gasteiger partial charge in [0, 0.05) is 11.1 Å². The summed E-state index contributed by atoms with van der Waals surface area (Å²) in [4.78, 5) is 2.47. The molecule has 1 heterocycles.